The third-order valence-corrected chi connectivity index (χ3v) is 4.48. The fourth-order valence-electron chi connectivity index (χ4n) is 2.50. The molecule has 140 valence electrons. The van der Waals surface area contributed by atoms with Crippen LogP contribution in [0.3, 0.4) is 0 Å². The van der Waals surface area contributed by atoms with Crippen LogP contribution in [-0.2, 0) is 13.0 Å². The molecule has 2 rings (SSSR count). The molecule has 0 unspecified atom stereocenters. The lowest BCUT2D eigenvalue weighted by molar-refractivity contribution is 0.151. The molecule has 0 aliphatic carbocycles. The van der Waals surface area contributed by atoms with Gasteiger partial charge in [-0.15, -0.1) is 0 Å². The molecule has 0 aliphatic heterocycles. The molecule has 1 amide bonds. The number of hydroxylamine groups is 1. The van der Waals surface area contributed by atoms with Gasteiger partial charge in [0.2, 0.25) is 0 Å². The fraction of sp³-hybridized carbons (Fsp3) is 0.316. The van der Waals surface area contributed by atoms with E-state index in [4.69, 9.17) is 4.74 Å². The number of carbonyl (C=O) groups is 1. The zero-order chi connectivity index (χ0) is 19.3. The quantitative estimate of drug-likeness (QED) is 0.511. The minimum atomic E-state index is -2.66. The molecule has 0 heterocycles. The minimum Gasteiger partial charge on any atom is -0.489 e. The first-order valence-corrected chi connectivity index (χ1v) is 9.30. The van der Waals surface area contributed by atoms with Crippen LogP contribution in [0, 0.1) is 6.92 Å². The Morgan fingerprint density at radius 3 is 2.58 bits per heavy atom. The standard InChI is InChI=1S/C19H21F2NO3S/c1-4-13-5-8-17(12(2)9-13)25-11-15-10-14(18(20)21)6-7-16(15)22(24)19(23)26-3/h5-10,18,24H,4,11H2,1-3H3. The molecule has 0 aliphatic rings. The van der Waals surface area contributed by atoms with E-state index in [1.165, 1.54) is 30.0 Å². The Labute approximate surface area is 155 Å². The molecule has 0 saturated heterocycles. The highest BCUT2D eigenvalue weighted by atomic mass is 32.2. The highest BCUT2D eigenvalue weighted by molar-refractivity contribution is 8.13. The number of aryl methyl sites for hydroxylation is 2. The summed E-state index contributed by atoms with van der Waals surface area (Å²) in [6.07, 6.45) is -0.233. The number of hydrogen-bond acceptors (Lipinski definition) is 4. The van der Waals surface area contributed by atoms with E-state index in [1.54, 1.807) is 0 Å². The molecular weight excluding hydrogens is 360 g/mol. The molecule has 2 aromatic carbocycles. The summed E-state index contributed by atoms with van der Waals surface area (Å²) in [6.45, 7) is 3.90. The second-order valence-electron chi connectivity index (χ2n) is 5.71. The van der Waals surface area contributed by atoms with Crippen LogP contribution < -0.4 is 9.80 Å². The van der Waals surface area contributed by atoms with E-state index in [0.717, 1.165) is 23.7 Å². The van der Waals surface area contributed by atoms with Gasteiger partial charge in [0.05, 0.1) is 5.69 Å². The predicted molar refractivity (Wildman–Crippen MR) is 99.5 cm³/mol. The summed E-state index contributed by atoms with van der Waals surface area (Å²) < 4.78 is 31.8. The van der Waals surface area contributed by atoms with Crippen molar-refractivity contribution in [3.05, 3.63) is 58.7 Å². The van der Waals surface area contributed by atoms with Crippen LogP contribution in [-0.4, -0.2) is 16.7 Å². The molecule has 0 radical (unpaired) electrons. The number of benzene rings is 2. The Kier molecular flexibility index (Phi) is 6.99. The number of amides is 1. The number of ether oxygens (including phenoxy) is 1. The van der Waals surface area contributed by atoms with E-state index in [2.05, 4.69) is 6.92 Å². The second kappa shape index (κ2) is 9.00. The van der Waals surface area contributed by atoms with Crippen molar-refractivity contribution in [2.24, 2.45) is 0 Å². The molecule has 0 bridgehead atoms. The van der Waals surface area contributed by atoms with Crippen LogP contribution in [0.25, 0.3) is 0 Å². The summed E-state index contributed by atoms with van der Waals surface area (Å²) in [4.78, 5) is 11.7. The Balaban J connectivity index is 2.30. The Morgan fingerprint density at radius 1 is 1.27 bits per heavy atom. The van der Waals surface area contributed by atoms with E-state index in [-0.39, 0.29) is 17.9 Å². The van der Waals surface area contributed by atoms with Gasteiger partial charge < -0.3 is 4.74 Å². The topological polar surface area (TPSA) is 49.8 Å². The lowest BCUT2D eigenvalue weighted by Crippen LogP contribution is -2.24. The average Bonchev–Trinajstić information content (AvgIpc) is 2.65. The van der Waals surface area contributed by atoms with E-state index >= 15 is 0 Å². The largest absolute Gasteiger partial charge is 0.489 e. The van der Waals surface area contributed by atoms with Crippen LogP contribution in [0.1, 0.15) is 35.6 Å². The smallest absolute Gasteiger partial charge is 0.309 e. The first kappa shape index (κ1) is 20.2. The van der Waals surface area contributed by atoms with Crippen molar-refractivity contribution in [3.63, 3.8) is 0 Å². The number of carbonyl (C=O) groups excluding carboxylic acids is 1. The SMILES string of the molecule is CCc1ccc(OCc2cc(C(F)F)ccc2N(O)C(=O)SC)c(C)c1. The van der Waals surface area contributed by atoms with Gasteiger partial charge in [-0.3, -0.25) is 10.0 Å². The lowest BCUT2D eigenvalue weighted by atomic mass is 10.1. The van der Waals surface area contributed by atoms with Gasteiger partial charge in [0.25, 0.3) is 6.43 Å². The molecule has 26 heavy (non-hydrogen) atoms. The molecule has 0 fully saturated rings. The molecule has 0 spiro atoms. The minimum absolute atomic E-state index is 0.0546. The summed E-state index contributed by atoms with van der Waals surface area (Å²) in [5, 5.41) is 9.88. The van der Waals surface area contributed by atoms with Gasteiger partial charge in [-0.1, -0.05) is 36.9 Å². The maximum absolute atomic E-state index is 13.0. The fourth-order valence-corrected chi connectivity index (χ4v) is 2.77. The summed E-state index contributed by atoms with van der Waals surface area (Å²) in [5.41, 5.74) is 2.32. The van der Waals surface area contributed by atoms with Gasteiger partial charge in [0, 0.05) is 11.1 Å². The van der Waals surface area contributed by atoms with Crippen LogP contribution in [0.5, 0.6) is 5.75 Å². The molecule has 1 N–H and O–H groups in total. The van der Waals surface area contributed by atoms with Crippen LogP contribution >= 0.6 is 11.8 Å². The van der Waals surface area contributed by atoms with E-state index in [1.807, 2.05) is 25.1 Å². The van der Waals surface area contributed by atoms with Gasteiger partial charge in [-0.25, -0.2) is 8.78 Å². The van der Waals surface area contributed by atoms with Gasteiger partial charge >= 0.3 is 5.24 Å². The van der Waals surface area contributed by atoms with Gasteiger partial charge in [-0.05, 0) is 48.9 Å². The monoisotopic (exact) mass is 381 g/mol. The number of rotatable bonds is 6. The maximum Gasteiger partial charge on any atom is 0.309 e. The molecule has 0 saturated carbocycles. The Hall–Kier alpha value is -2.12. The predicted octanol–water partition coefficient (Wildman–Crippen LogP) is 5.75. The zero-order valence-corrected chi connectivity index (χ0v) is 15.6. The van der Waals surface area contributed by atoms with Gasteiger partial charge in [-0.2, -0.15) is 5.06 Å². The second-order valence-corrected chi connectivity index (χ2v) is 6.47. The third-order valence-electron chi connectivity index (χ3n) is 3.96. The molecular formula is C19H21F2NO3S. The molecule has 4 nitrogen and oxygen atoms in total. The van der Waals surface area contributed by atoms with E-state index in [0.29, 0.717) is 16.4 Å². The van der Waals surface area contributed by atoms with Crippen molar-refractivity contribution in [2.75, 3.05) is 11.3 Å². The number of hydrogen-bond donors (Lipinski definition) is 1. The number of nitrogens with zero attached hydrogens (tertiary/aromatic N) is 1. The summed E-state index contributed by atoms with van der Waals surface area (Å²) in [5.74, 6) is 0.622. The number of anilines is 1. The first-order valence-electron chi connectivity index (χ1n) is 8.07. The summed E-state index contributed by atoms with van der Waals surface area (Å²) >= 11 is 0.816. The van der Waals surface area contributed by atoms with Crippen LogP contribution in [0.15, 0.2) is 36.4 Å². The van der Waals surface area contributed by atoms with Crippen molar-refractivity contribution in [3.8, 4) is 5.75 Å². The third kappa shape index (κ3) is 4.74. The summed E-state index contributed by atoms with van der Waals surface area (Å²) in [7, 11) is 0. The van der Waals surface area contributed by atoms with Gasteiger partial charge in [0.15, 0.2) is 0 Å². The van der Waals surface area contributed by atoms with Crippen LogP contribution in [0.4, 0.5) is 19.3 Å². The van der Waals surface area contributed by atoms with Gasteiger partial charge in [0.1, 0.15) is 12.4 Å². The molecule has 7 heteroatoms. The normalized spacial score (nSPS) is 10.9. The van der Waals surface area contributed by atoms with Crippen molar-refractivity contribution in [2.45, 2.75) is 33.3 Å². The maximum atomic E-state index is 13.0. The van der Waals surface area contributed by atoms with Crippen molar-refractivity contribution >= 4 is 22.7 Å². The van der Waals surface area contributed by atoms with E-state index in [9.17, 15) is 18.8 Å². The highest BCUT2D eigenvalue weighted by Gasteiger charge is 2.19. The van der Waals surface area contributed by atoms with Crippen molar-refractivity contribution < 1.29 is 23.5 Å². The Morgan fingerprint density at radius 2 is 2.00 bits per heavy atom. The first-order chi connectivity index (χ1) is 12.4. The number of halogens is 2. The average molecular weight is 381 g/mol. The molecule has 2 aromatic rings. The lowest BCUT2D eigenvalue weighted by Gasteiger charge is -2.19. The Bertz CT molecular complexity index is 783. The van der Waals surface area contributed by atoms with Crippen LogP contribution in [0.2, 0.25) is 0 Å². The van der Waals surface area contributed by atoms with Crippen molar-refractivity contribution in [1.82, 2.24) is 0 Å². The zero-order valence-electron chi connectivity index (χ0n) is 14.8. The molecule has 0 atom stereocenters. The molecule has 0 aromatic heterocycles. The van der Waals surface area contributed by atoms with Crippen molar-refractivity contribution in [1.29, 1.82) is 0 Å². The number of thioether (sulfide) groups is 1. The highest BCUT2D eigenvalue weighted by Crippen LogP contribution is 2.29. The number of alkyl halides is 2. The summed E-state index contributed by atoms with van der Waals surface area (Å²) in [6, 6.07) is 9.49. The van der Waals surface area contributed by atoms with E-state index < -0.39 is 11.7 Å².